The number of hydrogen-bond acceptors (Lipinski definition) is 6. The minimum absolute atomic E-state index is 0.310. The molecule has 0 spiro atoms. The Kier molecular flexibility index (Phi) is 6.87. The molecule has 1 amide bonds. The van der Waals surface area contributed by atoms with Crippen LogP contribution in [-0.2, 0) is 28.5 Å². The fraction of sp³-hybridized carbons (Fsp3) is 0.500. The third-order valence-electron chi connectivity index (χ3n) is 5.68. The van der Waals surface area contributed by atoms with Crippen LogP contribution in [0.2, 0.25) is 0 Å². The highest BCUT2D eigenvalue weighted by Crippen LogP contribution is 2.30. The van der Waals surface area contributed by atoms with Crippen molar-refractivity contribution in [1.82, 2.24) is 24.1 Å². The van der Waals surface area contributed by atoms with Crippen LogP contribution in [0.1, 0.15) is 29.3 Å². The molecule has 1 aliphatic rings. The predicted molar refractivity (Wildman–Crippen MR) is 115 cm³/mol. The molecule has 2 atom stereocenters. The van der Waals surface area contributed by atoms with Gasteiger partial charge in [0.2, 0.25) is 5.91 Å². The lowest BCUT2D eigenvalue weighted by Gasteiger charge is -2.36. The molecule has 2 N–H and O–H groups in total. The zero-order valence-electron chi connectivity index (χ0n) is 18.4. The van der Waals surface area contributed by atoms with Gasteiger partial charge in [0, 0.05) is 31.9 Å². The summed E-state index contributed by atoms with van der Waals surface area (Å²) >= 11 is 0. The summed E-state index contributed by atoms with van der Waals surface area (Å²) in [5.74, 6) is 0.915. The predicted octanol–water partition coefficient (Wildman–Crippen LogP) is 0.684. The van der Waals surface area contributed by atoms with Crippen molar-refractivity contribution in [3.8, 4) is 11.5 Å². The van der Waals surface area contributed by atoms with Gasteiger partial charge < -0.3 is 14.8 Å². The molecule has 0 radical (unpaired) electrons. The number of methoxy groups -OCH3 is 2. The van der Waals surface area contributed by atoms with Crippen LogP contribution in [0.5, 0.6) is 11.5 Å². The van der Waals surface area contributed by atoms with Crippen molar-refractivity contribution >= 4 is 16.1 Å². The third kappa shape index (κ3) is 4.83. The second kappa shape index (κ2) is 9.25. The minimum Gasteiger partial charge on any atom is -0.493 e. The Morgan fingerprint density at radius 3 is 2.58 bits per heavy atom. The van der Waals surface area contributed by atoms with Crippen LogP contribution >= 0.6 is 0 Å². The van der Waals surface area contributed by atoms with Gasteiger partial charge in [0.25, 0.3) is 10.2 Å². The Morgan fingerprint density at radius 1 is 1.26 bits per heavy atom. The van der Waals surface area contributed by atoms with Crippen molar-refractivity contribution in [3.63, 3.8) is 0 Å². The lowest BCUT2D eigenvalue weighted by Crippen LogP contribution is -2.57. The van der Waals surface area contributed by atoms with E-state index in [4.69, 9.17) is 9.47 Å². The molecule has 170 valence electrons. The molecule has 1 aliphatic heterocycles. The van der Waals surface area contributed by atoms with E-state index in [1.54, 1.807) is 32.1 Å². The average Bonchev–Trinajstić information content (AvgIpc) is 3.08. The molecule has 2 heterocycles. The maximum absolute atomic E-state index is 12.9. The molecule has 1 aromatic carbocycles. The third-order valence-corrected chi connectivity index (χ3v) is 7.28. The normalized spacial score (nSPS) is 20.9. The fourth-order valence-electron chi connectivity index (χ4n) is 3.65. The van der Waals surface area contributed by atoms with Crippen LogP contribution in [0.4, 0.5) is 0 Å². The van der Waals surface area contributed by atoms with Gasteiger partial charge in [-0.3, -0.25) is 9.48 Å². The highest BCUT2D eigenvalue weighted by atomic mass is 32.2. The van der Waals surface area contributed by atoms with E-state index in [1.807, 2.05) is 25.1 Å². The first-order chi connectivity index (χ1) is 14.7. The smallest absolute Gasteiger partial charge is 0.280 e. The van der Waals surface area contributed by atoms with Crippen molar-refractivity contribution in [2.75, 3.05) is 27.8 Å². The van der Waals surface area contributed by atoms with Crippen molar-refractivity contribution in [3.05, 3.63) is 41.2 Å². The lowest BCUT2D eigenvalue weighted by molar-refractivity contribution is -0.125. The molecule has 31 heavy (non-hydrogen) atoms. The molecule has 0 aliphatic carbocycles. The quantitative estimate of drug-likeness (QED) is 0.640. The molecule has 2 aromatic rings. The topological polar surface area (TPSA) is 115 Å². The summed E-state index contributed by atoms with van der Waals surface area (Å²) in [6, 6.07) is 4.23. The molecule has 11 heteroatoms. The molecule has 0 unspecified atom stereocenters. The first-order valence-electron chi connectivity index (χ1n) is 9.90. The Bertz CT molecular complexity index is 1050. The summed E-state index contributed by atoms with van der Waals surface area (Å²) in [6.07, 6.45) is 2.52. The molecular weight excluding hydrogens is 422 g/mol. The van der Waals surface area contributed by atoms with Gasteiger partial charge in [-0.05, 0) is 37.5 Å². The zero-order chi connectivity index (χ0) is 22.8. The Labute approximate surface area is 182 Å². The summed E-state index contributed by atoms with van der Waals surface area (Å²) in [7, 11) is 2.54. The van der Waals surface area contributed by atoms with E-state index < -0.39 is 22.3 Å². The number of benzene rings is 1. The standard InChI is InChI=1S/C20H29N5O5S/c1-13-15(12-22-24(13)2)16-11-17(25(3)31(27,28)23-16)20(26)21-9-8-14-6-7-18(29-4)19(10-14)30-5/h6-7,10,12,16-17,23H,8-9,11H2,1-5H3,(H,21,26)/t16-,17-/m0/s1. The Balaban J connectivity index is 1.67. The second-order valence-corrected chi connectivity index (χ2v) is 9.24. The molecule has 0 saturated carbocycles. The minimum atomic E-state index is -3.80. The molecule has 3 rings (SSSR count). The van der Waals surface area contributed by atoms with Crippen molar-refractivity contribution in [2.45, 2.75) is 31.8 Å². The molecule has 1 aromatic heterocycles. The van der Waals surface area contributed by atoms with Crippen LogP contribution in [-0.4, -0.2) is 62.3 Å². The van der Waals surface area contributed by atoms with Crippen molar-refractivity contribution < 1.29 is 22.7 Å². The van der Waals surface area contributed by atoms with E-state index in [9.17, 15) is 13.2 Å². The number of rotatable bonds is 7. The van der Waals surface area contributed by atoms with Gasteiger partial charge in [-0.15, -0.1) is 0 Å². The molecule has 1 fully saturated rings. The van der Waals surface area contributed by atoms with E-state index in [0.29, 0.717) is 30.9 Å². The Morgan fingerprint density at radius 2 is 1.97 bits per heavy atom. The van der Waals surface area contributed by atoms with Gasteiger partial charge in [0.1, 0.15) is 6.04 Å². The molecule has 1 saturated heterocycles. The first kappa shape index (κ1) is 23.0. The lowest BCUT2D eigenvalue weighted by atomic mass is 10.00. The van der Waals surface area contributed by atoms with E-state index in [-0.39, 0.29) is 5.91 Å². The summed E-state index contributed by atoms with van der Waals surface area (Å²) in [6.45, 7) is 2.23. The number of aryl methyl sites for hydroxylation is 1. The van der Waals surface area contributed by atoms with Crippen LogP contribution in [0.25, 0.3) is 0 Å². The number of ether oxygens (including phenoxy) is 2. The summed E-state index contributed by atoms with van der Waals surface area (Å²) < 4.78 is 41.2. The van der Waals surface area contributed by atoms with Crippen LogP contribution in [0.15, 0.2) is 24.4 Å². The molecule has 10 nitrogen and oxygen atoms in total. The van der Waals surface area contributed by atoms with Crippen LogP contribution < -0.4 is 19.5 Å². The number of carbonyl (C=O) groups is 1. The van der Waals surface area contributed by atoms with E-state index >= 15 is 0 Å². The number of likely N-dealkylation sites (N-methyl/N-ethyl adjacent to an activating group) is 1. The number of hydrogen-bond donors (Lipinski definition) is 2. The molecular formula is C20H29N5O5S. The summed E-state index contributed by atoms with van der Waals surface area (Å²) in [4.78, 5) is 12.9. The number of amides is 1. The van der Waals surface area contributed by atoms with Gasteiger partial charge in [-0.1, -0.05) is 6.07 Å². The van der Waals surface area contributed by atoms with Gasteiger partial charge in [0.15, 0.2) is 11.5 Å². The largest absolute Gasteiger partial charge is 0.493 e. The number of carbonyl (C=O) groups excluding carboxylic acids is 1. The van der Waals surface area contributed by atoms with E-state index in [2.05, 4.69) is 15.1 Å². The average molecular weight is 452 g/mol. The number of nitrogens with zero attached hydrogens (tertiary/aromatic N) is 3. The van der Waals surface area contributed by atoms with E-state index in [1.165, 1.54) is 7.05 Å². The second-order valence-electron chi connectivity index (χ2n) is 7.48. The maximum atomic E-state index is 12.9. The van der Waals surface area contributed by atoms with Gasteiger partial charge >= 0.3 is 0 Å². The van der Waals surface area contributed by atoms with Gasteiger partial charge in [0.05, 0.1) is 26.5 Å². The van der Waals surface area contributed by atoms with Crippen LogP contribution in [0.3, 0.4) is 0 Å². The number of aromatic nitrogens is 2. The van der Waals surface area contributed by atoms with Crippen molar-refractivity contribution in [1.29, 1.82) is 0 Å². The van der Waals surface area contributed by atoms with Gasteiger partial charge in [-0.25, -0.2) is 0 Å². The maximum Gasteiger partial charge on any atom is 0.280 e. The Hall–Kier alpha value is -2.63. The highest BCUT2D eigenvalue weighted by molar-refractivity contribution is 7.87. The highest BCUT2D eigenvalue weighted by Gasteiger charge is 2.41. The SMILES string of the molecule is COc1ccc(CCNC(=O)[C@@H]2C[C@@H](c3cnn(C)c3C)NS(=O)(=O)N2C)cc1OC. The van der Waals surface area contributed by atoms with Crippen molar-refractivity contribution in [2.24, 2.45) is 7.05 Å². The molecule has 0 bridgehead atoms. The number of nitrogens with one attached hydrogen (secondary N) is 2. The fourth-order valence-corrected chi connectivity index (χ4v) is 4.92. The zero-order valence-corrected chi connectivity index (χ0v) is 19.2. The summed E-state index contributed by atoms with van der Waals surface area (Å²) in [5.41, 5.74) is 2.58. The monoisotopic (exact) mass is 451 g/mol. The summed E-state index contributed by atoms with van der Waals surface area (Å²) in [5, 5.41) is 7.05. The first-order valence-corrected chi connectivity index (χ1v) is 11.3. The van der Waals surface area contributed by atoms with E-state index in [0.717, 1.165) is 21.1 Å². The van der Waals surface area contributed by atoms with Crippen LogP contribution in [0, 0.1) is 6.92 Å². The van der Waals surface area contributed by atoms with Gasteiger partial charge in [-0.2, -0.15) is 22.5 Å².